The van der Waals surface area contributed by atoms with E-state index in [-0.39, 0.29) is 6.61 Å². The van der Waals surface area contributed by atoms with E-state index in [4.69, 9.17) is 5.11 Å². The van der Waals surface area contributed by atoms with Crippen molar-refractivity contribution in [1.82, 2.24) is 0 Å². The molecule has 1 aromatic carbocycles. The summed E-state index contributed by atoms with van der Waals surface area (Å²) in [5.41, 5.74) is 2.46. The number of thioether (sulfide) groups is 1. The van der Waals surface area contributed by atoms with Crippen LogP contribution in [0, 0.1) is 11.3 Å². The zero-order chi connectivity index (χ0) is 12.3. The Labute approximate surface area is 106 Å². The van der Waals surface area contributed by atoms with Gasteiger partial charge in [0.25, 0.3) is 0 Å². The molecule has 3 nitrogen and oxygen atoms in total. The van der Waals surface area contributed by atoms with Crippen molar-refractivity contribution in [3.63, 3.8) is 0 Å². The van der Waals surface area contributed by atoms with Crippen molar-refractivity contribution < 1.29 is 5.11 Å². The Hall–Kier alpha value is -1.18. The number of benzene rings is 1. The molecular weight excluding hydrogens is 232 g/mol. The third kappa shape index (κ3) is 2.74. The molecule has 1 unspecified atom stereocenters. The summed E-state index contributed by atoms with van der Waals surface area (Å²) in [6.07, 6.45) is 0. The molecule has 0 amide bonds. The molecule has 17 heavy (non-hydrogen) atoms. The van der Waals surface area contributed by atoms with Crippen LogP contribution in [0.15, 0.2) is 18.2 Å². The second-order valence-electron chi connectivity index (χ2n) is 4.25. The van der Waals surface area contributed by atoms with Crippen LogP contribution in [0.4, 0.5) is 5.69 Å². The number of nitriles is 1. The largest absolute Gasteiger partial charge is 0.392 e. The van der Waals surface area contributed by atoms with Crippen molar-refractivity contribution in [3.05, 3.63) is 29.3 Å². The van der Waals surface area contributed by atoms with E-state index in [0.717, 1.165) is 30.1 Å². The number of aliphatic hydroxyl groups is 1. The number of aliphatic hydroxyl groups excluding tert-OH is 1. The highest BCUT2D eigenvalue weighted by molar-refractivity contribution is 8.00. The van der Waals surface area contributed by atoms with Crippen LogP contribution in [-0.2, 0) is 6.61 Å². The molecule has 1 fully saturated rings. The SMILES string of the molecule is CC1CN(c2ccc(CO)cc2C#N)CCS1. The second kappa shape index (κ2) is 5.44. The van der Waals surface area contributed by atoms with Crippen molar-refractivity contribution in [2.45, 2.75) is 18.8 Å². The molecule has 0 spiro atoms. The fraction of sp³-hybridized carbons (Fsp3) is 0.462. The summed E-state index contributed by atoms with van der Waals surface area (Å²) in [4.78, 5) is 2.26. The van der Waals surface area contributed by atoms with Gasteiger partial charge in [-0.2, -0.15) is 17.0 Å². The third-order valence-corrected chi connectivity index (χ3v) is 4.08. The Morgan fingerprint density at radius 1 is 1.59 bits per heavy atom. The van der Waals surface area contributed by atoms with Crippen LogP contribution in [0.25, 0.3) is 0 Å². The van der Waals surface area contributed by atoms with Gasteiger partial charge in [-0.05, 0) is 17.7 Å². The average Bonchev–Trinajstić information content (AvgIpc) is 2.38. The van der Waals surface area contributed by atoms with Gasteiger partial charge in [-0.1, -0.05) is 13.0 Å². The number of anilines is 1. The number of nitrogens with zero attached hydrogens (tertiary/aromatic N) is 2. The van der Waals surface area contributed by atoms with Crippen LogP contribution in [0.3, 0.4) is 0 Å². The maximum absolute atomic E-state index is 9.17. The van der Waals surface area contributed by atoms with E-state index in [1.54, 1.807) is 6.07 Å². The van der Waals surface area contributed by atoms with Crippen LogP contribution in [0.2, 0.25) is 0 Å². The van der Waals surface area contributed by atoms with Gasteiger partial charge in [0.15, 0.2) is 0 Å². The summed E-state index contributed by atoms with van der Waals surface area (Å²) in [6, 6.07) is 7.85. The molecular formula is C13H16N2OS. The molecule has 0 aromatic heterocycles. The maximum atomic E-state index is 9.17. The molecule has 2 rings (SSSR count). The minimum absolute atomic E-state index is 0.0127. The van der Waals surface area contributed by atoms with Gasteiger partial charge in [-0.3, -0.25) is 0 Å². The minimum atomic E-state index is -0.0127. The zero-order valence-corrected chi connectivity index (χ0v) is 10.7. The Bertz CT molecular complexity index is 442. The molecule has 0 radical (unpaired) electrons. The maximum Gasteiger partial charge on any atom is 0.101 e. The molecule has 4 heteroatoms. The number of rotatable bonds is 2. The first-order valence-electron chi connectivity index (χ1n) is 5.75. The number of hydrogen-bond donors (Lipinski definition) is 1. The Balaban J connectivity index is 2.28. The summed E-state index contributed by atoms with van der Waals surface area (Å²) in [6.45, 7) is 4.17. The van der Waals surface area contributed by atoms with E-state index >= 15 is 0 Å². The lowest BCUT2D eigenvalue weighted by Crippen LogP contribution is -2.37. The van der Waals surface area contributed by atoms with Crippen molar-refractivity contribution >= 4 is 17.4 Å². The summed E-state index contributed by atoms with van der Waals surface area (Å²) in [5.74, 6) is 1.10. The first-order chi connectivity index (χ1) is 8.24. The Morgan fingerprint density at radius 2 is 2.41 bits per heavy atom. The monoisotopic (exact) mass is 248 g/mol. The lowest BCUT2D eigenvalue weighted by Gasteiger charge is -2.33. The molecule has 0 aliphatic carbocycles. The van der Waals surface area contributed by atoms with E-state index < -0.39 is 0 Å². The van der Waals surface area contributed by atoms with Crippen LogP contribution >= 0.6 is 11.8 Å². The lowest BCUT2D eigenvalue weighted by atomic mass is 10.1. The second-order valence-corrected chi connectivity index (χ2v) is 5.80. The van der Waals surface area contributed by atoms with Crippen LogP contribution in [0.5, 0.6) is 0 Å². The van der Waals surface area contributed by atoms with Crippen molar-refractivity contribution in [2.24, 2.45) is 0 Å². The van der Waals surface area contributed by atoms with Crippen LogP contribution < -0.4 is 4.90 Å². The van der Waals surface area contributed by atoms with Gasteiger partial charge in [0.1, 0.15) is 6.07 Å². The van der Waals surface area contributed by atoms with E-state index in [1.165, 1.54) is 0 Å². The highest BCUT2D eigenvalue weighted by Crippen LogP contribution is 2.27. The van der Waals surface area contributed by atoms with Gasteiger partial charge >= 0.3 is 0 Å². The smallest absolute Gasteiger partial charge is 0.101 e. The fourth-order valence-corrected chi connectivity index (χ4v) is 3.10. The summed E-state index contributed by atoms with van der Waals surface area (Å²) in [5, 5.41) is 18.9. The normalized spacial score (nSPS) is 20.1. The molecule has 1 heterocycles. The Morgan fingerprint density at radius 3 is 3.06 bits per heavy atom. The van der Waals surface area contributed by atoms with Crippen molar-refractivity contribution in [1.29, 1.82) is 5.26 Å². The molecule has 1 N–H and O–H groups in total. The van der Waals surface area contributed by atoms with Gasteiger partial charge < -0.3 is 10.0 Å². The topological polar surface area (TPSA) is 47.3 Å². The molecule has 1 aliphatic heterocycles. The zero-order valence-electron chi connectivity index (χ0n) is 9.89. The predicted octanol–water partition coefficient (Wildman–Crippen LogP) is 1.99. The standard InChI is InChI=1S/C13H16N2OS/c1-10-8-15(4-5-17-10)13-3-2-11(9-16)6-12(13)7-14/h2-3,6,10,16H,4-5,8-9H2,1H3. The highest BCUT2D eigenvalue weighted by atomic mass is 32.2. The molecule has 1 aliphatic rings. The molecule has 0 bridgehead atoms. The lowest BCUT2D eigenvalue weighted by molar-refractivity contribution is 0.282. The molecule has 0 saturated carbocycles. The van der Waals surface area contributed by atoms with Gasteiger partial charge in [-0.25, -0.2) is 0 Å². The van der Waals surface area contributed by atoms with Crippen LogP contribution in [0.1, 0.15) is 18.1 Å². The summed E-state index contributed by atoms with van der Waals surface area (Å²) in [7, 11) is 0. The minimum Gasteiger partial charge on any atom is -0.392 e. The van der Waals surface area contributed by atoms with Gasteiger partial charge in [-0.15, -0.1) is 0 Å². The van der Waals surface area contributed by atoms with Crippen LogP contribution in [-0.4, -0.2) is 29.2 Å². The van der Waals surface area contributed by atoms with Crippen molar-refractivity contribution in [2.75, 3.05) is 23.7 Å². The fourth-order valence-electron chi connectivity index (χ4n) is 2.08. The number of hydrogen-bond acceptors (Lipinski definition) is 4. The van der Waals surface area contributed by atoms with Crippen molar-refractivity contribution in [3.8, 4) is 6.07 Å². The summed E-state index contributed by atoms with van der Waals surface area (Å²) >= 11 is 1.97. The molecule has 1 saturated heterocycles. The average molecular weight is 248 g/mol. The first-order valence-corrected chi connectivity index (χ1v) is 6.80. The van der Waals surface area contributed by atoms with E-state index in [9.17, 15) is 5.26 Å². The summed E-state index contributed by atoms with van der Waals surface area (Å²) < 4.78 is 0. The van der Waals surface area contributed by atoms with Gasteiger partial charge in [0.05, 0.1) is 17.9 Å². The Kier molecular flexibility index (Phi) is 3.93. The molecule has 90 valence electrons. The first kappa shape index (κ1) is 12.3. The van der Waals surface area contributed by atoms with E-state index in [1.807, 2.05) is 23.9 Å². The van der Waals surface area contributed by atoms with E-state index in [2.05, 4.69) is 17.9 Å². The van der Waals surface area contributed by atoms with Gasteiger partial charge in [0.2, 0.25) is 0 Å². The van der Waals surface area contributed by atoms with Gasteiger partial charge in [0, 0.05) is 24.1 Å². The predicted molar refractivity (Wildman–Crippen MR) is 71.2 cm³/mol. The molecule has 1 aromatic rings. The third-order valence-electron chi connectivity index (χ3n) is 2.95. The molecule has 1 atom stereocenters. The highest BCUT2D eigenvalue weighted by Gasteiger charge is 2.19. The quantitative estimate of drug-likeness (QED) is 0.869. The van der Waals surface area contributed by atoms with E-state index in [0.29, 0.717) is 10.8 Å².